The summed E-state index contributed by atoms with van der Waals surface area (Å²) in [5.74, 6) is 2.22. The van der Waals surface area contributed by atoms with Crippen LogP contribution in [0.25, 0.3) is 11.5 Å². The minimum atomic E-state index is 0.158. The summed E-state index contributed by atoms with van der Waals surface area (Å²) in [5, 5.41) is 8.63. The Morgan fingerprint density at radius 2 is 1.86 bits per heavy atom. The molecule has 29 heavy (non-hydrogen) atoms. The van der Waals surface area contributed by atoms with Gasteiger partial charge in [0.2, 0.25) is 11.8 Å². The third-order valence-corrected chi connectivity index (χ3v) is 5.99. The van der Waals surface area contributed by atoms with Crippen molar-refractivity contribution in [2.24, 2.45) is 0 Å². The summed E-state index contributed by atoms with van der Waals surface area (Å²) in [6, 6.07) is 13.6. The quantitative estimate of drug-likeness (QED) is 0.504. The lowest BCUT2D eigenvalue weighted by molar-refractivity contribution is -0.131. The maximum absolute atomic E-state index is 12.5. The van der Waals surface area contributed by atoms with Crippen LogP contribution in [0.5, 0.6) is 0 Å². The number of thioether (sulfide) groups is 1. The highest BCUT2D eigenvalue weighted by Crippen LogP contribution is 2.25. The monoisotopic (exact) mass is 473 g/mol. The van der Waals surface area contributed by atoms with Crippen molar-refractivity contribution in [1.82, 2.24) is 20.1 Å². The molecule has 0 N–H and O–H groups in total. The smallest absolute Gasteiger partial charge is 0.276 e. The standard InChI is InChI=1S/C20H20BrN5O2S/c21-16-6-4-15(5-7-16)19-23-24-20(28-19)29-14-8-18(27)26-12-10-25(11-13-26)17-3-1-2-9-22-17/h1-7,9H,8,10-14H2. The normalized spacial score (nSPS) is 14.2. The molecule has 1 fully saturated rings. The number of amides is 1. The average molecular weight is 474 g/mol. The fourth-order valence-electron chi connectivity index (χ4n) is 3.09. The van der Waals surface area contributed by atoms with Gasteiger partial charge in [-0.15, -0.1) is 10.2 Å². The number of nitrogens with zero attached hydrogens (tertiary/aromatic N) is 5. The van der Waals surface area contributed by atoms with Crippen LogP contribution in [0, 0.1) is 0 Å². The molecule has 1 aliphatic rings. The minimum Gasteiger partial charge on any atom is -0.411 e. The van der Waals surface area contributed by atoms with Gasteiger partial charge in [-0.25, -0.2) is 4.98 Å². The average Bonchev–Trinajstić information content (AvgIpc) is 3.24. The van der Waals surface area contributed by atoms with E-state index in [2.05, 4.69) is 36.0 Å². The van der Waals surface area contributed by atoms with Crippen molar-refractivity contribution >= 4 is 39.4 Å². The number of piperazine rings is 1. The van der Waals surface area contributed by atoms with Gasteiger partial charge in [0.15, 0.2) is 0 Å². The van der Waals surface area contributed by atoms with Crippen LogP contribution in [0.3, 0.4) is 0 Å². The SMILES string of the molecule is O=C(CCSc1nnc(-c2ccc(Br)cc2)o1)N1CCN(c2ccccn2)CC1. The van der Waals surface area contributed by atoms with Crippen molar-refractivity contribution in [3.63, 3.8) is 0 Å². The Kier molecular flexibility index (Phi) is 6.46. The van der Waals surface area contributed by atoms with E-state index < -0.39 is 0 Å². The number of carbonyl (C=O) groups is 1. The van der Waals surface area contributed by atoms with Gasteiger partial charge in [0.05, 0.1) is 0 Å². The zero-order valence-corrected chi connectivity index (χ0v) is 18.1. The molecule has 0 aliphatic carbocycles. The lowest BCUT2D eigenvalue weighted by atomic mass is 10.2. The molecule has 4 rings (SSSR count). The number of carbonyl (C=O) groups excluding carboxylic acids is 1. The van der Waals surface area contributed by atoms with E-state index in [1.807, 2.05) is 47.4 Å². The van der Waals surface area contributed by atoms with Gasteiger partial charge in [0.25, 0.3) is 5.22 Å². The molecule has 3 aromatic rings. The van der Waals surface area contributed by atoms with Gasteiger partial charge in [-0.2, -0.15) is 0 Å². The number of halogens is 1. The summed E-state index contributed by atoms with van der Waals surface area (Å²) in [7, 11) is 0. The molecule has 0 saturated carbocycles. The highest BCUT2D eigenvalue weighted by atomic mass is 79.9. The van der Waals surface area contributed by atoms with E-state index in [1.165, 1.54) is 11.8 Å². The van der Waals surface area contributed by atoms with Gasteiger partial charge in [-0.1, -0.05) is 33.8 Å². The largest absolute Gasteiger partial charge is 0.411 e. The van der Waals surface area contributed by atoms with Crippen LogP contribution in [0.2, 0.25) is 0 Å². The summed E-state index contributed by atoms with van der Waals surface area (Å²) in [4.78, 5) is 21.0. The first-order chi connectivity index (χ1) is 14.2. The molecule has 7 nitrogen and oxygen atoms in total. The van der Waals surface area contributed by atoms with Gasteiger partial charge in [-0.3, -0.25) is 4.79 Å². The molecule has 0 atom stereocenters. The molecule has 150 valence electrons. The molecule has 0 radical (unpaired) electrons. The summed E-state index contributed by atoms with van der Waals surface area (Å²) in [5.41, 5.74) is 0.870. The van der Waals surface area contributed by atoms with Gasteiger partial charge in [-0.05, 0) is 36.4 Å². The molecule has 0 spiro atoms. The predicted molar refractivity (Wildman–Crippen MR) is 116 cm³/mol. The Hall–Kier alpha value is -2.39. The Balaban J connectivity index is 1.22. The Morgan fingerprint density at radius 1 is 1.07 bits per heavy atom. The first-order valence-electron chi connectivity index (χ1n) is 9.35. The summed E-state index contributed by atoms with van der Waals surface area (Å²) < 4.78 is 6.68. The summed E-state index contributed by atoms with van der Waals surface area (Å²) in [6.07, 6.45) is 2.24. The second kappa shape index (κ2) is 9.41. The maximum Gasteiger partial charge on any atom is 0.276 e. The number of pyridine rings is 1. The van der Waals surface area contributed by atoms with E-state index in [1.54, 1.807) is 6.20 Å². The molecular weight excluding hydrogens is 454 g/mol. The van der Waals surface area contributed by atoms with Crippen molar-refractivity contribution in [3.05, 3.63) is 53.1 Å². The fourth-order valence-corrected chi connectivity index (χ4v) is 4.04. The highest BCUT2D eigenvalue weighted by molar-refractivity contribution is 9.10. The molecule has 9 heteroatoms. The third kappa shape index (κ3) is 5.16. The molecule has 1 saturated heterocycles. The van der Waals surface area contributed by atoms with E-state index >= 15 is 0 Å². The van der Waals surface area contributed by atoms with Crippen LogP contribution in [0.1, 0.15) is 6.42 Å². The zero-order chi connectivity index (χ0) is 20.1. The van der Waals surface area contributed by atoms with Crippen LogP contribution in [0.4, 0.5) is 5.82 Å². The van der Waals surface area contributed by atoms with Crippen LogP contribution in [-0.4, -0.2) is 57.9 Å². The van der Waals surface area contributed by atoms with Crippen molar-refractivity contribution < 1.29 is 9.21 Å². The lowest BCUT2D eigenvalue weighted by Gasteiger charge is -2.35. The maximum atomic E-state index is 12.5. The molecule has 0 bridgehead atoms. The molecule has 1 aromatic carbocycles. The van der Waals surface area contributed by atoms with Crippen molar-refractivity contribution in [3.8, 4) is 11.5 Å². The Labute approximate surface area is 181 Å². The van der Waals surface area contributed by atoms with E-state index in [4.69, 9.17) is 4.42 Å². The number of benzene rings is 1. The molecule has 2 aromatic heterocycles. The van der Waals surface area contributed by atoms with Crippen LogP contribution in [0.15, 0.2) is 62.8 Å². The van der Waals surface area contributed by atoms with Gasteiger partial charge < -0.3 is 14.2 Å². The summed E-state index contributed by atoms with van der Waals surface area (Å²) in [6.45, 7) is 3.04. The number of hydrogen-bond acceptors (Lipinski definition) is 7. The van der Waals surface area contributed by atoms with E-state index in [0.29, 0.717) is 36.4 Å². The second-order valence-electron chi connectivity index (χ2n) is 6.53. The van der Waals surface area contributed by atoms with Gasteiger partial charge in [0, 0.05) is 54.6 Å². The van der Waals surface area contributed by atoms with Crippen molar-refractivity contribution in [1.29, 1.82) is 0 Å². The summed E-state index contributed by atoms with van der Waals surface area (Å²) >= 11 is 4.82. The zero-order valence-electron chi connectivity index (χ0n) is 15.7. The molecule has 1 aliphatic heterocycles. The second-order valence-corrected chi connectivity index (χ2v) is 8.50. The van der Waals surface area contributed by atoms with Crippen molar-refractivity contribution in [2.75, 3.05) is 36.8 Å². The lowest BCUT2D eigenvalue weighted by Crippen LogP contribution is -2.49. The fraction of sp³-hybridized carbons (Fsp3) is 0.300. The number of aromatic nitrogens is 3. The highest BCUT2D eigenvalue weighted by Gasteiger charge is 2.21. The Bertz CT molecular complexity index is 943. The number of anilines is 1. The number of hydrogen-bond donors (Lipinski definition) is 0. The first kappa shape index (κ1) is 19.9. The topological polar surface area (TPSA) is 75.4 Å². The Morgan fingerprint density at radius 3 is 2.59 bits per heavy atom. The van der Waals surface area contributed by atoms with Crippen LogP contribution in [-0.2, 0) is 4.79 Å². The van der Waals surface area contributed by atoms with Crippen LogP contribution >= 0.6 is 27.7 Å². The first-order valence-corrected chi connectivity index (χ1v) is 11.1. The molecule has 0 unspecified atom stereocenters. The van der Waals surface area contributed by atoms with E-state index in [-0.39, 0.29) is 5.91 Å². The van der Waals surface area contributed by atoms with Crippen molar-refractivity contribution in [2.45, 2.75) is 11.6 Å². The van der Waals surface area contributed by atoms with E-state index in [9.17, 15) is 4.79 Å². The molecular formula is C20H20BrN5O2S. The number of rotatable bonds is 6. The van der Waals surface area contributed by atoms with Gasteiger partial charge >= 0.3 is 0 Å². The van der Waals surface area contributed by atoms with Gasteiger partial charge in [0.1, 0.15) is 5.82 Å². The predicted octanol–water partition coefficient (Wildman–Crippen LogP) is 3.73. The third-order valence-electron chi connectivity index (χ3n) is 4.64. The molecule has 1 amide bonds. The minimum absolute atomic E-state index is 0.158. The van der Waals surface area contributed by atoms with E-state index in [0.717, 1.165) is 28.9 Å². The van der Waals surface area contributed by atoms with Crippen LogP contribution < -0.4 is 4.90 Å². The molecule has 3 heterocycles.